The van der Waals surface area contributed by atoms with E-state index in [1.807, 2.05) is 38.1 Å². The molecule has 3 heteroatoms. The molecular weight excluding hydrogens is 296 g/mol. The Labute approximate surface area is 145 Å². The van der Waals surface area contributed by atoms with Gasteiger partial charge in [-0.05, 0) is 44.4 Å². The molecule has 128 valence electrons. The van der Waals surface area contributed by atoms with Crippen molar-refractivity contribution in [3.8, 4) is 0 Å². The monoisotopic (exact) mass is 325 g/mol. The Hall–Kier alpha value is -2.13. The van der Waals surface area contributed by atoms with Crippen molar-refractivity contribution in [1.29, 1.82) is 0 Å². The number of aryl methyl sites for hydroxylation is 2. The standard InChI is InChI=1S/C21H28N2O/c1-5-23(6-2,16-15-19-13-8-7-9-14-19)21(24)22-20-17(3)11-10-12-18(20)4/h7-14H,5-6,15-16H2,1-4H3/p+1. The highest BCUT2D eigenvalue weighted by Gasteiger charge is 2.33. The summed E-state index contributed by atoms with van der Waals surface area (Å²) in [6, 6.07) is 16.6. The van der Waals surface area contributed by atoms with Gasteiger partial charge in [-0.25, -0.2) is 9.28 Å². The number of anilines is 1. The molecule has 0 saturated carbocycles. The van der Waals surface area contributed by atoms with Crippen LogP contribution in [0.1, 0.15) is 30.5 Å². The molecule has 24 heavy (non-hydrogen) atoms. The molecule has 0 aromatic heterocycles. The summed E-state index contributed by atoms with van der Waals surface area (Å²) in [4.78, 5) is 13.1. The second-order valence-electron chi connectivity index (χ2n) is 6.43. The highest BCUT2D eigenvalue weighted by atomic mass is 16.2. The van der Waals surface area contributed by atoms with Gasteiger partial charge in [-0.15, -0.1) is 0 Å². The smallest absolute Gasteiger partial charge is 0.275 e. The van der Waals surface area contributed by atoms with Crippen molar-refractivity contribution in [1.82, 2.24) is 0 Å². The van der Waals surface area contributed by atoms with Crippen LogP contribution in [0.15, 0.2) is 48.5 Å². The van der Waals surface area contributed by atoms with Gasteiger partial charge >= 0.3 is 6.03 Å². The van der Waals surface area contributed by atoms with Crippen LogP contribution in [0.4, 0.5) is 10.5 Å². The lowest BCUT2D eigenvalue weighted by Crippen LogP contribution is -2.55. The maximum Gasteiger partial charge on any atom is 0.421 e. The Morgan fingerprint density at radius 3 is 2.04 bits per heavy atom. The largest absolute Gasteiger partial charge is 0.421 e. The normalized spacial score (nSPS) is 11.3. The molecule has 0 radical (unpaired) electrons. The number of urea groups is 1. The van der Waals surface area contributed by atoms with Gasteiger partial charge in [0.25, 0.3) is 0 Å². The van der Waals surface area contributed by atoms with Crippen LogP contribution in [0.5, 0.6) is 0 Å². The number of carbonyl (C=O) groups excluding carboxylic acids is 1. The van der Waals surface area contributed by atoms with Crippen LogP contribution in [0.25, 0.3) is 0 Å². The van der Waals surface area contributed by atoms with Crippen molar-refractivity contribution in [2.24, 2.45) is 0 Å². The molecule has 0 atom stereocenters. The lowest BCUT2D eigenvalue weighted by atomic mass is 10.1. The number of para-hydroxylation sites is 1. The van der Waals surface area contributed by atoms with Crippen molar-refractivity contribution in [3.05, 3.63) is 65.2 Å². The van der Waals surface area contributed by atoms with E-state index in [1.165, 1.54) is 5.56 Å². The number of carbonyl (C=O) groups is 1. The third kappa shape index (κ3) is 4.04. The summed E-state index contributed by atoms with van der Waals surface area (Å²) in [5.74, 6) is 0. The van der Waals surface area contributed by atoms with Gasteiger partial charge in [0.1, 0.15) is 0 Å². The summed E-state index contributed by atoms with van der Waals surface area (Å²) in [6.07, 6.45) is 0.905. The van der Waals surface area contributed by atoms with E-state index in [9.17, 15) is 4.79 Å². The van der Waals surface area contributed by atoms with E-state index in [1.54, 1.807) is 0 Å². The number of benzene rings is 2. The number of nitrogens with zero attached hydrogens (tertiary/aromatic N) is 1. The summed E-state index contributed by atoms with van der Waals surface area (Å²) < 4.78 is 0.447. The first-order chi connectivity index (χ1) is 11.5. The third-order valence-electron chi connectivity index (χ3n) is 5.03. The van der Waals surface area contributed by atoms with Gasteiger partial charge in [0.15, 0.2) is 0 Å². The summed E-state index contributed by atoms with van der Waals surface area (Å²) in [5, 5.41) is 3.19. The molecule has 2 amide bonds. The highest BCUT2D eigenvalue weighted by molar-refractivity contribution is 5.86. The van der Waals surface area contributed by atoms with E-state index < -0.39 is 0 Å². The number of hydrogen-bond donors (Lipinski definition) is 1. The second-order valence-corrected chi connectivity index (χ2v) is 6.43. The molecule has 2 aromatic rings. The molecule has 0 spiro atoms. The van der Waals surface area contributed by atoms with Gasteiger partial charge < -0.3 is 0 Å². The lowest BCUT2D eigenvalue weighted by molar-refractivity contribution is -0.844. The Morgan fingerprint density at radius 1 is 0.917 bits per heavy atom. The fourth-order valence-corrected chi connectivity index (χ4v) is 3.15. The van der Waals surface area contributed by atoms with Gasteiger partial charge in [0, 0.05) is 6.42 Å². The van der Waals surface area contributed by atoms with Gasteiger partial charge in [-0.1, -0.05) is 48.5 Å². The summed E-state index contributed by atoms with van der Waals surface area (Å²) in [5.41, 5.74) is 4.45. The molecule has 0 heterocycles. The third-order valence-corrected chi connectivity index (χ3v) is 5.03. The summed E-state index contributed by atoms with van der Waals surface area (Å²) in [7, 11) is 0. The first kappa shape index (κ1) is 18.2. The number of hydrogen-bond acceptors (Lipinski definition) is 1. The molecular formula is C21H29N2O+. The molecule has 0 aliphatic carbocycles. The predicted octanol–water partition coefficient (Wildman–Crippen LogP) is 4.93. The molecule has 2 aromatic carbocycles. The van der Waals surface area contributed by atoms with Crippen molar-refractivity contribution >= 4 is 11.7 Å². The van der Waals surface area contributed by atoms with Crippen LogP contribution in [-0.2, 0) is 6.42 Å². The number of amides is 2. The van der Waals surface area contributed by atoms with E-state index in [-0.39, 0.29) is 6.03 Å². The quantitative estimate of drug-likeness (QED) is 0.749. The van der Waals surface area contributed by atoms with Gasteiger partial charge in [-0.2, -0.15) is 0 Å². The fourth-order valence-electron chi connectivity index (χ4n) is 3.15. The average Bonchev–Trinajstić information content (AvgIpc) is 2.60. The Bertz CT molecular complexity index is 655. The second kappa shape index (κ2) is 8.11. The van der Waals surface area contributed by atoms with Crippen molar-refractivity contribution in [3.63, 3.8) is 0 Å². The van der Waals surface area contributed by atoms with Crippen molar-refractivity contribution < 1.29 is 9.28 Å². The molecule has 0 unspecified atom stereocenters. The zero-order valence-corrected chi connectivity index (χ0v) is 15.3. The van der Waals surface area contributed by atoms with Gasteiger partial charge in [0.05, 0.1) is 25.3 Å². The molecule has 0 bridgehead atoms. The first-order valence-corrected chi connectivity index (χ1v) is 8.80. The summed E-state index contributed by atoms with van der Waals surface area (Å²) in [6.45, 7) is 10.7. The topological polar surface area (TPSA) is 29.1 Å². The number of rotatable bonds is 6. The SMILES string of the molecule is CC[N+](CC)(CCc1ccccc1)C(=O)Nc1c(C)cccc1C. The molecule has 2 rings (SSSR count). The lowest BCUT2D eigenvalue weighted by Gasteiger charge is -2.34. The van der Waals surface area contributed by atoms with Crippen LogP contribution in [0.2, 0.25) is 0 Å². The van der Waals surface area contributed by atoms with Crippen LogP contribution >= 0.6 is 0 Å². The first-order valence-electron chi connectivity index (χ1n) is 8.80. The van der Waals surface area contributed by atoms with Gasteiger partial charge in [-0.3, -0.25) is 5.32 Å². The van der Waals surface area contributed by atoms with E-state index in [0.717, 1.165) is 42.9 Å². The van der Waals surface area contributed by atoms with Gasteiger partial charge in [0.2, 0.25) is 0 Å². The molecule has 1 N–H and O–H groups in total. The maximum atomic E-state index is 13.1. The van der Waals surface area contributed by atoms with Crippen LogP contribution in [0.3, 0.4) is 0 Å². The number of quaternary nitrogens is 1. The minimum Gasteiger partial charge on any atom is -0.275 e. The van der Waals surface area contributed by atoms with Crippen molar-refractivity contribution in [2.45, 2.75) is 34.1 Å². The van der Waals surface area contributed by atoms with E-state index >= 15 is 0 Å². The average molecular weight is 325 g/mol. The molecule has 0 aliphatic rings. The molecule has 0 aliphatic heterocycles. The summed E-state index contributed by atoms with van der Waals surface area (Å²) >= 11 is 0. The highest BCUT2D eigenvalue weighted by Crippen LogP contribution is 2.22. The Kier molecular flexibility index (Phi) is 6.16. The molecule has 0 fully saturated rings. The Morgan fingerprint density at radius 2 is 1.50 bits per heavy atom. The zero-order valence-electron chi connectivity index (χ0n) is 15.3. The minimum atomic E-state index is 0.0910. The molecule has 0 saturated heterocycles. The van der Waals surface area contributed by atoms with E-state index in [4.69, 9.17) is 0 Å². The predicted molar refractivity (Wildman–Crippen MR) is 101 cm³/mol. The van der Waals surface area contributed by atoms with Crippen LogP contribution in [0, 0.1) is 13.8 Å². The minimum absolute atomic E-state index is 0.0910. The van der Waals surface area contributed by atoms with E-state index in [2.05, 4.69) is 43.4 Å². The van der Waals surface area contributed by atoms with E-state index in [0.29, 0.717) is 4.48 Å². The number of nitrogens with one attached hydrogen (secondary N) is 1. The number of likely N-dealkylation sites (N-methyl/N-ethyl adjacent to an activating group) is 1. The fraction of sp³-hybridized carbons (Fsp3) is 0.381. The van der Waals surface area contributed by atoms with Crippen LogP contribution < -0.4 is 5.32 Å². The van der Waals surface area contributed by atoms with Crippen LogP contribution in [-0.4, -0.2) is 30.1 Å². The maximum absolute atomic E-state index is 13.1. The van der Waals surface area contributed by atoms with Crippen molar-refractivity contribution in [2.75, 3.05) is 25.0 Å². The molecule has 3 nitrogen and oxygen atoms in total. The Balaban J connectivity index is 2.17. The zero-order chi connectivity index (χ0) is 17.6.